The first-order valence-corrected chi connectivity index (χ1v) is 10.5. The van der Waals surface area contributed by atoms with Gasteiger partial charge in [0.2, 0.25) is 0 Å². The van der Waals surface area contributed by atoms with Crippen LogP contribution >= 0.6 is 11.6 Å². The van der Waals surface area contributed by atoms with Crippen LogP contribution in [0.15, 0.2) is 36.4 Å². The molecular weight excluding hydrogens is 428 g/mol. The van der Waals surface area contributed by atoms with E-state index in [1.807, 2.05) is 35.2 Å². The number of rotatable bonds is 5. The molecule has 0 fully saturated rings. The van der Waals surface area contributed by atoms with Gasteiger partial charge in [-0.1, -0.05) is 29.8 Å². The van der Waals surface area contributed by atoms with Gasteiger partial charge in [0, 0.05) is 12.1 Å². The second kappa shape index (κ2) is 7.76. The van der Waals surface area contributed by atoms with Crippen LogP contribution in [-0.4, -0.2) is 40.2 Å². The first-order chi connectivity index (χ1) is 15.0. The summed E-state index contributed by atoms with van der Waals surface area (Å²) in [5, 5.41) is 0.132. The predicted octanol–water partition coefficient (Wildman–Crippen LogP) is 4.70. The molecule has 0 spiro atoms. The van der Waals surface area contributed by atoms with Crippen LogP contribution < -0.4 is 4.74 Å². The predicted molar refractivity (Wildman–Crippen MR) is 110 cm³/mol. The molecule has 0 radical (unpaired) electrons. The third-order valence-electron chi connectivity index (χ3n) is 5.91. The van der Waals surface area contributed by atoms with E-state index in [2.05, 4.69) is 4.57 Å². The van der Waals surface area contributed by atoms with E-state index in [4.69, 9.17) is 26.1 Å². The molecule has 5 rings (SSSR count). The minimum Gasteiger partial charge on any atom is -0.465 e. The van der Waals surface area contributed by atoms with E-state index in [1.54, 1.807) is 13.0 Å². The molecule has 162 valence electrons. The summed E-state index contributed by atoms with van der Waals surface area (Å²) in [7, 11) is 0. The molecule has 2 aliphatic rings. The minimum absolute atomic E-state index is 0.0125. The van der Waals surface area contributed by atoms with Gasteiger partial charge in [-0.15, -0.1) is 0 Å². The van der Waals surface area contributed by atoms with E-state index < -0.39 is 6.61 Å². The molecule has 6 nitrogen and oxygen atoms in total. The summed E-state index contributed by atoms with van der Waals surface area (Å²) < 4.78 is 38.7. The molecule has 9 heteroatoms. The maximum Gasteiger partial charge on any atom is 0.387 e. The van der Waals surface area contributed by atoms with Gasteiger partial charge in [0.05, 0.1) is 41.3 Å². The minimum atomic E-state index is -3.00. The molecule has 0 unspecified atom stereocenters. The third kappa shape index (κ3) is 3.34. The Morgan fingerprint density at radius 1 is 1.26 bits per heavy atom. The number of carbonyl (C=O) groups is 1. The Morgan fingerprint density at radius 3 is 2.84 bits per heavy atom. The Balaban J connectivity index is 1.71. The van der Waals surface area contributed by atoms with Crippen LogP contribution in [-0.2, 0) is 16.1 Å². The van der Waals surface area contributed by atoms with Crippen LogP contribution in [0.3, 0.4) is 0 Å². The summed E-state index contributed by atoms with van der Waals surface area (Å²) in [5.41, 5.74) is 3.12. The fraction of sp³-hybridized carbons (Fsp3) is 0.364. The summed E-state index contributed by atoms with van der Waals surface area (Å²) in [5.74, 6) is 0.445. The highest BCUT2D eigenvalue weighted by molar-refractivity contribution is 6.32. The molecule has 0 saturated carbocycles. The molecule has 2 aromatic carbocycles. The van der Waals surface area contributed by atoms with Gasteiger partial charge in [-0.2, -0.15) is 8.78 Å². The molecular formula is C22H20ClF2N3O3. The number of benzene rings is 2. The Bertz CT molecular complexity index is 1170. The number of imidazole rings is 1. The molecule has 0 aliphatic carbocycles. The lowest BCUT2D eigenvalue weighted by Gasteiger charge is -2.27. The van der Waals surface area contributed by atoms with E-state index in [9.17, 15) is 13.6 Å². The summed E-state index contributed by atoms with van der Waals surface area (Å²) in [4.78, 5) is 19.1. The van der Waals surface area contributed by atoms with Crippen molar-refractivity contribution in [2.45, 2.75) is 38.6 Å². The Kier molecular flexibility index (Phi) is 5.06. The number of alkyl halides is 2. The SMILES string of the molecule is CCOC(=O)CN1Cc2ccc(Cl)c(OC(F)F)c2[C@H]2C[C@@H]1c1nc3ccccc3n12. The molecule has 2 bridgehead atoms. The van der Waals surface area contributed by atoms with Crippen molar-refractivity contribution in [3.63, 3.8) is 0 Å². The number of hydrogen-bond acceptors (Lipinski definition) is 5. The lowest BCUT2D eigenvalue weighted by molar-refractivity contribution is -0.145. The second-order valence-corrected chi connectivity index (χ2v) is 8.04. The van der Waals surface area contributed by atoms with Crippen LogP contribution in [0.2, 0.25) is 5.02 Å². The van der Waals surface area contributed by atoms with Gasteiger partial charge in [0.25, 0.3) is 0 Å². The monoisotopic (exact) mass is 447 g/mol. The second-order valence-electron chi connectivity index (χ2n) is 7.63. The van der Waals surface area contributed by atoms with Gasteiger partial charge >= 0.3 is 12.6 Å². The van der Waals surface area contributed by atoms with Gasteiger partial charge in [-0.05, 0) is 37.1 Å². The van der Waals surface area contributed by atoms with Crippen LogP contribution in [0.4, 0.5) is 8.78 Å². The Morgan fingerprint density at radius 2 is 2.06 bits per heavy atom. The number of aromatic nitrogens is 2. The molecule has 3 heterocycles. The van der Waals surface area contributed by atoms with E-state index in [0.29, 0.717) is 18.5 Å². The maximum absolute atomic E-state index is 13.3. The Labute approximate surface area is 182 Å². The van der Waals surface area contributed by atoms with Crippen molar-refractivity contribution >= 4 is 28.6 Å². The van der Waals surface area contributed by atoms with Gasteiger partial charge in [-0.3, -0.25) is 9.69 Å². The smallest absolute Gasteiger partial charge is 0.387 e. The molecule has 1 aromatic heterocycles. The van der Waals surface area contributed by atoms with Crippen molar-refractivity contribution < 1.29 is 23.0 Å². The van der Waals surface area contributed by atoms with Crippen molar-refractivity contribution in [3.8, 4) is 5.75 Å². The fourth-order valence-corrected chi connectivity index (χ4v) is 5.01. The first kappa shape index (κ1) is 20.2. The van der Waals surface area contributed by atoms with E-state index in [0.717, 1.165) is 22.4 Å². The first-order valence-electron chi connectivity index (χ1n) is 10.1. The van der Waals surface area contributed by atoms with E-state index >= 15 is 0 Å². The van der Waals surface area contributed by atoms with Gasteiger partial charge in [0.15, 0.2) is 0 Å². The highest BCUT2D eigenvalue weighted by Crippen LogP contribution is 2.51. The zero-order valence-corrected chi connectivity index (χ0v) is 17.5. The fourth-order valence-electron chi connectivity index (χ4n) is 4.80. The summed E-state index contributed by atoms with van der Waals surface area (Å²) in [6.45, 7) is -0.510. The molecule has 3 aromatic rings. The summed E-state index contributed by atoms with van der Waals surface area (Å²) in [6.07, 6.45) is 0.569. The highest BCUT2D eigenvalue weighted by Gasteiger charge is 2.44. The number of nitrogens with zero attached hydrogens (tertiary/aromatic N) is 3. The molecule has 0 N–H and O–H groups in total. The van der Waals surface area contributed by atoms with Crippen LogP contribution in [0.1, 0.15) is 42.4 Å². The lowest BCUT2D eigenvalue weighted by atomic mass is 9.98. The summed E-state index contributed by atoms with van der Waals surface area (Å²) in [6, 6.07) is 10.6. The third-order valence-corrected chi connectivity index (χ3v) is 6.21. The number of halogens is 3. The van der Waals surface area contributed by atoms with Crippen LogP contribution in [0, 0.1) is 0 Å². The number of fused-ring (bicyclic) bond motifs is 9. The number of para-hydroxylation sites is 2. The average Bonchev–Trinajstić information content (AvgIpc) is 3.22. The molecule has 0 saturated heterocycles. The quantitative estimate of drug-likeness (QED) is 0.530. The van der Waals surface area contributed by atoms with E-state index in [-0.39, 0.29) is 42.0 Å². The van der Waals surface area contributed by atoms with E-state index in [1.165, 1.54) is 0 Å². The number of carbonyl (C=O) groups excluding carboxylic acids is 1. The molecule has 31 heavy (non-hydrogen) atoms. The van der Waals surface area contributed by atoms with Crippen LogP contribution in [0.25, 0.3) is 11.0 Å². The standard InChI is InChI=1S/C22H20ClF2N3O3/c1-2-30-18(29)11-27-10-12-7-8-13(23)20(31-22(24)25)19(12)16-9-17(27)21-26-14-5-3-4-6-15(14)28(16)21/h3-8,16-17,22H,2,9-11H2,1H3/t16-,17-/m1/s1. The zero-order valence-electron chi connectivity index (χ0n) is 16.7. The van der Waals surface area contributed by atoms with Crippen molar-refractivity contribution in [2.75, 3.05) is 13.2 Å². The zero-order chi connectivity index (χ0) is 21.7. The van der Waals surface area contributed by atoms with Crippen molar-refractivity contribution in [2.24, 2.45) is 0 Å². The van der Waals surface area contributed by atoms with Gasteiger partial charge < -0.3 is 14.0 Å². The van der Waals surface area contributed by atoms with Gasteiger partial charge in [0.1, 0.15) is 11.6 Å². The summed E-state index contributed by atoms with van der Waals surface area (Å²) >= 11 is 6.30. The number of esters is 1. The topological polar surface area (TPSA) is 56.6 Å². The lowest BCUT2D eigenvalue weighted by Crippen LogP contribution is -2.33. The number of hydrogen-bond donors (Lipinski definition) is 0. The highest BCUT2D eigenvalue weighted by atomic mass is 35.5. The van der Waals surface area contributed by atoms with Crippen LogP contribution in [0.5, 0.6) is 5.75 Å². The molecule has 2 aliphatic heterocycles. The van der Waals surface area contributed by atoms with Crippen molar-refractivity contribution in [1.29, 1.82) is 0 Å². The van der Waals surface area contributed by atoms with Crippen molar-refractivity contribution in [1.82, 2.24) is 14.5 Å². The molecule has 0 amide bonds. The largest absolute Gasteiger partial charge is 0.465 e. The average molecular weight is 448 g/mol. The molecule has 2 atom stereocenters. The normalized spacial score (nSPS) is 19.9. The Hall–Kier alpha value is -2.71. The maximum atomic E-state index is 13.3. The van der Waals surface area contributed by atoms with Gasteiger partial charge in [-0.25, -0.2) is 4.98 Å². The van der Waals surface area contributed by atoms with Crippen molar-refractivity contribution in [3.05, 3.63) is 58.4 Å². The number of ether oxygens (including phenoxy) is 2.